The summed E-state index contributed by atoms with van der Waals surface area (Å²) in [4.78, 5) is 2.48. The molecule has 0 aliphatic heterocycles. The van der Waals surface area contributed by atoms with Gasteiger partial charge in [-0.1, -0.05) is 24.3 Å². The van der Waals surface area contributed by atoms with Gasteiger partial charge in [-0.25, -0.2) is 13.1 Å². The van der Waals surface area contributed by atoms with Crippen molar-refractivity contribution in [1.29, 1.82) is 0 Å². The van der Waals surface area contributed by atoms with Crippen LogP contribution in [0.4, 0.5) is 0 Å². The SMILES string of the molecule is CC(=NNS(=O)(=O)c1cc(C)ccc1C)c1ccc(S(=O)(=O)NCc2ccco2)cc1. The van der Waals surface area contributed by atoms with Crippen LogP contribution in [0.25, 0.3) is 0 Å². The molecule has 0 unspecified atom stereocenters. The number of nitrogens with zero attached hydrogens (tertiary/aromatic N) is 1. The monoisotopic (exact) mass is 461 g/mol. The molecule has 0 fully saturated rings. The lowest BCUT2D eigenvalue weighted by Crippen LogP contribution is -2.23. The molecular weight excluding hydrogens is 438 g/mol. The predicted molar refractivity (Wildman–Crippen MR) is 118 cm³/mol. The largest absolute Gasteiger partial charge is 0.468 e. The van der Waals surface area contributed by atoms with Crippen LogP contribution in [-0.4, -0.2) is 22.5 Å². The van der Waals surface area contributed by atoms with E-state index in [4.69, 9.17) is 4.42 Å². The number of sulfonamides is 2. The second-order valence-corrected chi connectivity index (χ2v) is 10.4. The molecule has 31 heavy (non-hydrogen) atoms. The van der Waals surface area contributed by atoms with Crippen LogP contribution >= 0.6 is 0 Å². The molecular formula is C21H23N3O5S2. The summed E-state index contributed by atoms with van der Waals surface area (Å²) >= 11 is 0. The average molecular weight is 462 g/mol. The molecule has 0 amide bonds. The van der Waals surface area contributed by atoms with Crippen LogP contribution in [0.5, 0.6) is 0 Å². The highest BCUT2D eigenvalue weighted by Crippen LogP contribution is 2.17. The maximum Gasteiger partial charge on any atom is 0.276 e. The first-order valence-corrected chi connectivity index (χ1v) is 12.3. The fourth-order valence-corrected chi connectivity index (χ4v) is 4.96. The molecule has 1 aromatic heterocycles. The highest BCUT2D eigenvalue weighted by molar-refractivity contribution is 7.89. The number of aryl methyl sites for hydroxylation is 2. The molecule has 0 aliphatic rings. The summed E-state index contributed by atoms with van der Waals surface area (Å²) in [6.07, 6.45) is 1.47. The third-order valence-electron chi connectivity index (χ3n) is 4.57. The van der Waals surface area contributed by atoms with E-state index in [-0.39, 0.29) is 16.3 Å². The van der Waals surface area contributed by atoms with E-state index in [0.717, 1.165) is 5.56 Å². The molecule has 1 heterocycles. The lowest BCUT2D eigenvalue weighted by atomic mass is 10.1. The molecule has 0 radical (unpaired) electrons. The van der Waals surface area contributed by atoms with Gasteiger partial charge in [0, 0.05) is 0 Å². The molecule has 0 atom stereocenters. The van der Waals surface area contributed by atoms with Crippen LogP contribution in [0.1, 0.15) is 29.4 Å². The van der Waals surface area contributed by atoms with Gasteiger partial charge in [0.05, 0.1) is 28.3 Å². The Morgan fingerprint density at radius 1 is 0.968 bits per heavy atom. The summed E-state index contributed by atoms with van der Waals surface area (Å²) in [5.74, 6) is 0.499. The Morgan fingerprint density at radius 3 is 2.32 bits per heavy atom. The Morgan fingerprint density at radius 2 is 1.68 bits per heavy atom. The van der Waals surface area contributed by atoms with E-state index in [0.29, 0.717) is 22.6 Å². The zero-order valence-corrected chi connectivity index (χ0v) is 18.9. The molecule has 2 N–H and O–H groups in total. The van der Waals surface area contributed by atoms with Crippen LogP contribution in [0, 0.1) is 13.8 Å². The molecule has 2 aromatic carbocycles. The van der Waals surface area contributed by atoms with Gasteiger partial charge in [0.15, 0.2) is 0 Å². The molecule has 164 valence electrons. The lowest BCUT2D eigenvalue weighted by Gasteiger charge is -2.09. The molecule has 0 saturated heterocycles. The maximum atomic E-state index is 12.6. The summed E-state index contributed by atoms with van der Waals surface area (Å²) in [7, 11) is -7.55. The number of hydrogen-bond donors (Lipinski definition) is 2. The quantitative estimate of drug-likeness (QED) is 0.395. The van der Waals surface area contributed by atoms with Gasteiger partial charge in [-0.3, -0.25) is 0 Å². The molecule has 0 saturated carbocycles. The molecule has 10 heteroatoms. The summed E-state index contributed by atoms with van der Waals surface area (Å²) in [6, 6.07) is 14.5. The fraction of sp³-hybridized carbons (Fsp3) is 0.190. The van der Waals surface area contributed by atoms with E-state index in [1.165, 1.54) is 18.4 Å². The van der Waals surface area contributed by atoms with E-state index in [1.807, 2.05) is 13.0 Å². The van der Waals surface area contributed by atoms with Crippen molar-refractivity contribution in [3.8, 4) is 0 Å². The second kappa shape index (κ2) is 9.04. The van der Waals surface area contributed by atoms with Crippen LogP contribution in [0.3, 0.4) is 0 Å². The van der Waals surface area contributed by atoms with Gasteiger partial charge in [-0.2, -0.15) is 18.4 Å². The summed E-state index contributed by atoms with van der Waals surface area (Å²) in [5, 5.41) is 3.98. The Hall–Kier alpha value is -2.95. The molecule has 3 aromatic rings. The number of furan rings is 1. The highest BCUT2D eigenvalue weighted by atomic mass is 32.2. The van der Waals surface area contributed by atoms with Crippen LogP contribution in [0.2, 0.25) is 0 Å². The fourth-order valence-electron chi connectivity index (χ4n) is 2.78. The first kappa shape index (κ1) is 22.7. The van der Waals surface area contributed by atoms with Crippen LogP contribution < -0.4 is 9.55 Å². The van der Waals surface area contributed by atoms with Crippen molar-refractivity contribution in [2.75, 3.05) is 0 Å². The third kappa shape index (κ3) is 5.60. The van der Waals surface area contributed by atoms with Gasteiger partial charge in [-0.15, -0.1) is 0 Å². The van der Waals surface area contributed by atoms with Crippen molar-refractivity contribution in [2.24, 2.45) is 5.10 Å². The Kier molecular flexibility index (Phi) is 6.63. The van der Waals surface area contributed by atoms with Gasteiger partial charge in [0.25, 0.3) is 10.0 Å². The van der Waals surface area contributed by atoms with Crippen molar-refractivity contribution < 1.29 is 21.3 Å². The van der Waals surface area contributed by atoms with Crippen molar-refractivity contribution in [3.63, 3.8) is 0 Å². The number of rotatable bonds is 8. The topological polar surface area (TPSA) is 118 Å². The Balaban J connectivity index is 1.72. The summed E-state index contributed by atoms with van der Waals surface area (Å²) in [5.41, 5.74) is 2.40. The second-order valence-electron chi connectivity index (χ2n) is 6.99. The van der Waals surface area contributed by atoms with Crippen molar-refractivity contribution in [2.45, 2.75) is 37.1 Å². The zero-order chi connectivity index (χ0) is 22.6. The number of nitrogens with one attached hydrogen (secondary N) is 2. The van der Waals surface area contributed by atoms with Crippen LogP contribution in [-0.2, 0) is 26.6 Å². The number of hydrazone groups is 1. The van der Waals surface area contributed by atoms with E-state index >= 15 is 0 Å². The highest BCUT2D eigenvalue weighted by Gasteiger charge is 2.17. The van der Waals surface area contributed by atoms with E-state index in [2.05, 4.69) is 14.7 Å². The average Bonchev–Trinajstić information content (AvgIpc) is 3.26. The molecule has 8 nitrogen and oxygen atoms in total. The number of hydrogen-bond acceptors (Lipinski definition) is 6. The standard InChI is InChI=1S/C21H23N3O5S2/c1-15-6-7-16(2)21(13-15)31(27,28)24-23-17(3)18-8-10-20(11-9-18)30(25,26)22-14-19-5-4-12-29-19/h4-13,22,24H,14H2,1-3H3. The smallest absolute Gasteiger partial charge is 0.276 e. The van der Waals surface area contributed by atoms with Crippen molar-refractivity contribution in [3.05, 3.63) is 83.3 Å². The van der Waals surface area contributed by atoms with Gasteiger partial charge < -0.3 is 4.42 Å². The lowest BCUT2D eigenvalue weighted by molar-refractivity contribution is 0.498. The van der Waals surface area contributed by atoms with Crippen molar-refractivity contribution in [1.82, 2.24) is 9.55 Å². The third-order valence-corrected chi connectivity index (χ3v) is 7.33. The van der Waals surface area contributed by atoms with Gasteiger partial charge >= 0.3 is 0 Å². The Bertz CT molecular complexity index is 1300. The molecule has 3 rings (SSSR count). The minimum Gasteiger partial charge on any atom is -0.468 e. The van der Waals surface area contributed by atoms with Gasteiger partial charge in [0.1, 0.15) is 5.76 Å². The zero-order valence-electron chi connectivity index (χ0n) is 17.3. The predicted octanol–water partition coefficient (Wildman–Crippen LogP) is 3.08. The van der Waals surface area contributed by atoms with Gasteiger partial charge in [-0.05, 0) is 67.8 Å². The van der Waals surface area contributed by atoms with E-state index < -0.39 is 20.0 Å². The van der Waals surface area contributed by atoms with Crippen molar-refractivity contribution >= 4 is 25.8 Å². The Labute approximate surface area is 182 Å². The van der Waals surface area contributed by atoms with Gasteiger partial charge in [0.2, 0.25) is 10.0 Å². The minimum atomic E-state index is -3.83. The van der Waals surface area contributed by atoms with E-state index in [1.54, 1.807) is 50.2 Å². The van der Waals surface area contributed by atoms with Crippen LogP contribution in [0.15, 0.2) is 80.2 Å². The van der Waals surface area contributed by atoms with E-state index in [9.17, 15) is 16.8 Å². The summed E-state index contributed by atoms with van der Waals surface area (Å²) in [6.45, 7) is 5.19. The molecule has 0 bridgehead atoms. The molecule has 0 spiro atoms. The normalized spacial score (nSPS) is 12.7. The maximum absolute atomic E-state index is 12.6. The molecule has 0 aliphatic carbocycles. The first-order chi connectivity index (χ1) is 14.6. The minimum absolute atomic E-state index is 0.0394. The number of benzene rings is 2. The first-order valence-electron chi connectivity index (χ1n) is 9.34. The summed E-state index contributed by atoms with van der Waals surface area (Å²) < 4.78 is 57.6.